The van der Waals surface area contributed by atoms with Gasteiger partial charge < -0.3 is 14.0 Å². The van der Waals surface area contributed by atoms with Crippen molar-refractivity contribution >= 4 is 11.8 Å². The number of nitrogens with zero attached hydrogens (tertiary/aromatic N) is 2. The molecule has 2 aliphatic rings. The quantitative estimate of drug-likeness (QED) is 0.906. The third-order valence-corrected chi connectivity index (χ3v) is 4.41. The van der Waals surface area contributed by atoms with E-state index in [4.69, 9.17) is 14.0 Å². The number of carbonyl (C=O) groups excluding carboxylic acids is 1. The van der Waals surface area contributed by atoms with E-state index in [9.17, 15) is 4.79 Å². The highest BCUT2D eigenvalue weighted by Crippen LogP contribution is 2.26. The molecule has 2 saturated heterocycles. The van der Waals surface area contributed by atoms with Crippen LogP contribution in [0, 0.1) is 12.8 Å². The standard InChI is InChI=1S/C15H23N3O4/c1-10-9-13(22-17-10)16-14(19)11(2)18-5-3-12(4-6-18)15-20-7-8-21-15/h9,11-12,15H,3-8H2,1-2H3,(H,16,19). The van der Waals surface area contributed by atoms with Gasteiger partial charge in [0, 0.05) is 12.0 Å². The van der Waals surface area contributed by atoms with E-state index in [1.807, 2.05) is 13.8 Å². The van der Waals surface area contributed by atoms with E-state index in [1.54, 1.807) is 6.07 Å². The highest BCUT2D eigenvalue weighted by molar-refractivity contribution is 5.93. The summed E-state index contributed by atoms with van der Waals surface area (Å²) in [7, 11) is 0. The van der Waals surface area contributed by atoms with E-state index in [1.165, 1.54) is 0 Å². The van der Waals surface area contributed by atoms with Gasteiger partial charge in [-0.05, 0) is 39.8 Å². The third kappa shape index (κ3) is 3.48. The number of ether oxygens (including phenoxy) is 2. The summed E-state index contributed by atoms with van der Waals surface area (Å²) in [4.78, 5) is 14.5. The smallest absolute Gasteiger partial charge is 0.243 e. The molecule has 1 unspecified atom stereocenters. The zero-order valence-electron chi connectivity index (χ0n) is 13.1. The third-order valence-electron chi connectivity index (χ3n) is 4.41. The van der Waals surface area contributed by atoms with Crippen LogP contribution in [0.25, 0.3) is 0 Å². The Morgan fingerprint density at radius 2 is 2.05 bits per heavy atom. The molecule has 1 aromatic rings. The summed E-state index contributed by atoms with van der Waals surface area (Å²) in [5.74, 6) is 0.769. The topological polar surface area (TPSA) is 76.8 Å². The molecule has 0 radical (unpaired) electrons. The molecule has 1 aromatic heterocycles. The summed E-state index contributed by atoms with van der Waals surface area (Å²) in [5, 5.41) is 6.53. The lowest BCUT2D eigenvalue weighted by Gasteiger charge is -2.36. The normalized spacial score (nSPS) is 22.8. The van der Waals surface area contributed by atoms with E-state index < -0.39 is 0 Å². The minimum Gasteiger partial charge on any atom is -0.350 e. The SMILES string of the molecule is Cc1cc(NC(=O)C(C)N2CCC(C3OCCO3)CC2)on1. The molecule has 122 valence electrons. The van der Waals surface area contributed by atoms with Crippen molar-refractivity contribution in [3.8, 4) is 0 Å². The van der Waals surface area contributed by atoms with Crippen molar-refractivity contribution < 1.29 is 18.8 Å². The first-order chi connectivity index (χ1) is 10.6. The van der Waals surface area contributed by atoms with Crippen LogP contribution in [0.3, 0.4) is 0 Å². The van der Waals surface area contributed by atoms with Gasteiger partial charge in [-0.3, -0.25) is 15.0 Å². The van der Waals surface area contributed by atoms with Gasteiger partial charge >= 0.3 is 0 Å². The van der Waals surface area contributed by atoms with Crippen molar-refractivity contribution in [2.45, 2.75) is 39.0 Å². The van der Waals surface area contributed by atoms with Crippen LogP contribution < -0.4 is 5.32 Å². The summed E-state index contributed by atoms with van der Waals surface area (Å²) in [6, 6.07) is 1.52. The van der Waals surface area contributed by atoms with Crippen LogP contribution in [0.2, 0.25) is 0 Å². The fraction of sp³-hybridized carbons (Fsp3) is 0.733. The van der Waals surface area contributed by atoms with E-state index in [-0.39, 0.29) is 18.2 Å². The van der Waals surface area contributed by atoms with Gasteiger partial charge in [-0.15, -0.1) is 0 Å². The van der Waals surface area contributed by atoms with Crippen molar-refractivity contribution in [3.05, 3.63) is 11.8 Å². The van der Waals surface area contributed by atoms with E-state index in [0.29, 0.717) is 25.0 Å². The molecule has 0 aromatic carbocycles. The molecule has 3 rings (SSSR count). The average molecular weight is 309 g/mol. The lowest BCUT2D eigenvalue weighted by Crippen LogP contribution is -2.47. The van der Waals surface area contributed by atoms with E-state index in [0.717, 1.165) is 31.6 Å². The zero-order chi connectivity index (χ0) is 15.5. The number of amides is 1. The second kappa shape index (κ2) is 6.76. The second-order valence-electron chi connectivity index (χ2n) is 5.98. The van der Waals surface area contributed by atoms with Crippen LogP contribution in [0.4, 0.5) is 5.88 Å². The van der Waals surface area contributed by atoms with Crippen LogP contribution in [-0.4, -0.2) is 54.6 Å². The second-order valence-corrected chi connectivity index (χ2v) is 5.98. The number of likely N-dealkylation sites (tertiary alicyclic amines) is 1. The van der Waals surface area contributed by atoms with Gasteiger partial charge in [-0.25, -0.2) is 0 Å². The van der Waals surface area contributed by atoms with Crippen LogP contribution >= 0.6 is 0 Å². The number of aromatic nitrogens is 1. The monoisotopic (exact) mass is 309 g/mol. The minimum absolute atomic E-state index is 0.0524. The number of nitrogens with one attached hydrogen (secondary N) is 1. The molecule has 2 fully saturated rings. The van der Waals surface area contributed by atoms with Gasteiger partial charge in [0.25, 0.3) is 0 Å². The molecule has 2 aliphatic heterocycles. The molecule has 22 heavy (non-hydrogen) atoms. The summed E-state index contributed by atoms with van der Waals surface area (Å²) in [6.07, 6.45) is 1.93. The highest BCUT2D eigenvalue weighted by atomic mass is 16.7. The Kier molecular flexibility index (Phi) is 4.75. The van der Waals surface area contributed by atoms with E-state index >= 15 is 0 Å². The Morgan fingerprint density at radius 3 is 2.64 bits per heavy atom. The Morgan fingerprint density at radius 1 is 1.36 bits per heavy atom. The maximum atomic E-state index is 12.3. The van der Waals surface area contributed by atoms with Crippen LogP contribution in [0.1, 0.15) is 25.5 Å². The minimum atomic E-state index is -0.197. The number of piperidine rings is 1. The first-order valence-electron chi connectivity index (χ1n) is 7.85. The molecule has 1 atom stereocenters. The lowest BCUT2D eigenvalue weighted by atomic mass is 9.95. The van der Waals surface area contributed by atoms with Crippen molar-refractivity contribution in [2.75, 3.05) is 31.6 Å². The largest absolute Gasteiger partial charge is 0.350 e. The van der Waals surface area contributed by atoms with Crippen molar-refractivity contribution in [3.63, 3.8) is 0 Å². The molecule has 7 heteroatoms. The first-order valence-corrected chi connectivity index (χ1v) is 7.85. The Balaban J connectivity index is 1.48. The lowest BCUT2D eigenvalue weighted by molar-refractivity contribution is -0.123. The molecule has 0 bridgehead atoms. The fourth-order valence-corrected chi connectivity index (χ4v) is 3.04. The predicted octanol–water partition coefficient (Wildman–Crippen LogP) is 1.39. The molecular formula is C15H23N3O4. The predicted molar refractivity (Wildman–Crippen MR) is 79.3 cm³/mol. The van der Waals surface area contributed by atoms with Gasteiger partial charge in [-0.2, -0.15) is 0 Å². The Labute approximate surface area is 129 Å². The zero-order valence-corrected chi connectivity index (χ0v) is 13.1. The van der Waals surface area contributed by atoms with Crippen LogP contribution in [0.5, 0.6) is 0 Å². The van der Waals surface area contributed by atoms with Gasteiger partial charge in [0.1, 0.15) is 0 Å². The van der Waals surface area contributed by atoms with Crippen molar-refractivity contribution in [1.82, 2.24) is 10.1 Å². The Bertz CT molecular complexity index is 505. The molecule has 7 nitrogen and oxygen atoms in total. The summed E-state index contributed by atoms with van der Waals surface area (Å²) in [6.45, 7) is 6.87. The van der Waals surface area contributed by atoms with Gasteiger partial charge in [-0.1, -0.05) is 5.16 Å². The van der Waals surface area contributed by atoms with Gasteiger partial charge in [0.05, 0.1) is 24.9 Å². The van der Waals surface area contributed by atoms with Crippen molar-refractivity contribution in [2.24, 2.45) is 5.92 Å². The van der Waals surface area contributed by atoms with Crippen LogP contribution in [-0.2, 0) is 14.3 Å². The average Bonchev–Trinajstić information content (AvgIpc) is 3.18. The molecule has 0 spiro atoms. The summed E-state index contributed by atoms with van der Waals surface area (Å²) in [5.41, 5.74) is 0.750. The molecule has 3 heterocycles. The fourth-order valence-electron chi connectivity index (χ4n) is 3.04. The van der Waals surface area contributed by atoms with Crippen molar-refractivity contribution in [1.29, 1.82) is 0 Å². The van der Waals surface area contributed by atoms with Gasteiger partial charge in [0.15, 0.2) is 6.29 Å². The maximum absolute atomic E-state index is 12.3. The molecule has 0 aliphatic carbocycles. The molecule has 1 N–H and O–H groups in total. The number of hydrogen-bond acceptors (Lipinski definition) is 6. The number of carbonyl (C=O) groups is 1. The van der Waals surface area contributed by atoms with E-state index in [2.05, 4.69) is 15.4 Å². The molecule has 1 amide bonds. The van der Waals surface area contributed by atoms with Crippen LogP contribution in [0.15, 0.2) is 10.6 Å². The number of aryl methyl sites for hydroxylation is 1. The first kappa shape index (κ1) is 15.5. The molecule has 0 saturated carbocycles. The number of hydrogen-bond donors (Lipinski definition) is 1. The molecular weight excluding hydrogens is 286 g/mol. The summed E-state index contributed by atoms with van der Waals surface area (Å²) >= 11 is 0. The highest BCUT2D eigenvalue weighted by Gasteiger charge is 2.33. The number of rotatable bonds is 4. The van der Waals surface area contributed by atoms with Gasteiger partial charge in [0.2, 0.25) is 11.8 Å². The maximum Gasteiger partial charge on any atom is 0.243 e. The Hall–Kier alpha value is -1.44. The number of anilines is 1. The summed E-state index contributed by atoms with van der Waals surface area (Å²) < 4.78 is 16.2.